The number of hydrogen-bond donors (Lipinski definition) is 2. The molecule has 3 heteroatoms. The van der Waals surface area contributed by atoms with E-state index in [1.807, 2.05) is 0 Å². The maximum atomic E-state index is 11.8. The van der Waals surface area contributed by atoms with Crippen molar-refractivity contribution < 1.29 is 9.90 Å². The molecule has 0 bridgehead atoms. The van der Waals surface area contributed by atoms with Crippen molar-refractivity contribution in [1.82, 2.24) is 0 Å². The van der Waals surface area contributed by atoms with E-state index in [9.17, 15) is 9.90 Å². The van der Waals surface area contributed by atoms with Crippen molar-refractivity contribution in [3.63, 3.8) is 0 Å². The van der Waals surface area contributed by atoms with Crippen LogP contribution >= 0.6 is 0 Å². The molecule has 0 radical (unpaired) electrons. The molecule has 0 aromatic heterocycles. The molecule has 2 atom stereocenters. The Kier molecular flexibility index (Phi) is 3.55. The van der Waals surface area contributed by atoms with Gasteiger partial charge in [-0.15, -0.1) is 0 Å². The highest BCUT2D eigenvalue weighted by molar-refractivity contribution is 5.76. The maximum absolute atomic E-state index is 11.8. The predicted molar refractivity (Wildman–Crippen MR) is 78.6 cm³/mol. The molecule has 0 aliphatic heterocycles. The van der Waals surface area contributed by atoms with Gasteiger partial charge in [-0.05, 0) is 61.5 Å². The minimum atomic E-state index is -0.699. The lowest BCUT2D eigenvalue weighted by Crippen LogP contribution is -2.42. The minimum absolute atomic E-state index is 0.270. The molecule has 20 heavy (non-hydrogen) atoms. The van der Waals surface area contributed by atoms with Crippen LogP contribution in [0.3, 0.4) is 0 Å². The van der Waals surface area contributed by atoms with E-state index in [-0.39, 0.29) is 6.54 Å². The lowest BCUT2D eigenvalue weighted by Gasteiger charge is -2.35. The maximum Gasteiger partial charge on any atom is 0.311 e. The van der Waals surface area contributed by atoms with Crippen LogP contribution in [0.5, 0.6) is 0 Å². The molecule has 108 valence electrons. The first kappa shape index (κ1) is 13.6. The second-order valence-corrected chi connectivity index (χ2v) is 6.43. The molecule has 1 aromatic rings. The fourth-order valence-corrected chi connectivity index (χ4v) is 3.91. The highest BCUT2D eigenvalue weighted by Crippen LogP contribution is 2.51. The average molecular weight is 273 g/mol. The number of aliphatic carboxylic acids is 1. The summed E-state index contributed by atoms with van der Waals surface area (Å²) >= 11 is 0. The Morgan fingerprint density at radius 1 is 1.30 bits per heavy atom. The third kappa shape index (κ3) is 2.24. The quantitative estimate of drug-likeness (QED) is 0.867. The van der Waals surface area contributed by atoms with Crippen LogP contribution in [0.25, 0.3) is 0 Å². The number of nitrogens with two attached hydrogens (primary N) is 1. The summed E-state index contributed by atoms with van der Waals surface area (Å²) in [5, 5.41) is 9.73. The Hall–Kier alpha value is -1.35. The van der Waals surface area contributed by atoms with Crippen molar-refractivity contribution in [2.45, 2.75) is 44.4 Å². The molecule has 2 aliphatic carbocycles. The summed E-state index contributed by atoms with van der Waals surface area (Å²) in [4.78, 5) is 11.8. The number of carboxylic acids is 1. The van der Waals surface area contributed by atoms with Crippen LogP contribution < -0.4 is 5.73 Å². The normalized spacial score (nSPS) is 24.8. The van der Waals surface area contributed by atoms with Gasteiger partial charge in [0.05, 0.1) is 5.41 Å². The lowest BCUT2D eigenvalue weighted by atomic mass is 9.69. The van der Waals surface area contributed by atoms with Crippen LogP contribution in [0.2, 0.25) is 0 Å². The number of benzene rings is 1. The van der Waals surface area contributed by atoms with Crippen LogP contribution in [0.4, 0.5) is 0 Å². The fraction of sp³-hybridized carbons (Fsp3) is 0.588. The van der Waals surface area contributed by atoms with E-state index >= 15 is 0 Å². The van der Waals surface area contributed by atoms with Crippen LogP contribution in [0.1, 0.15) is 49.1 Å². The highest BCUT2D eigenvalue weighted by atomic mass is 16.4. The Bertz CT molecular complexity index is 509. The second kappa shape index (κ2) is 5.21. The van der Waals surface area contributed by atoms with E-state index in [4.69, 9.17) is 5.73 Å². The Morgan fingerprint density at radius 2 is 2.05 bits per heavy atom. The van der Waals surface area contributed by atoms with E-state index < -0.39 is 11.4 Å². The van der Waals surface area contributed by atoms with Crippen LogP contribution in [-0.2, 0) is 11.2 Å². The zero-order valence-corrected chi connectivity index (χ0v) is 11.8. The van der Waals surface area contributed by atoms with Gasteiger partial charge >= 0.3 is 5.97 Å². The molecule has 0 saturated heterocycles. The van der Waals surface area contributed by atoms with Crippen molar-refractivity contribution in [3.8, 4) is 0 Å². The average Bonchev–Trinajstić information content (AvgIpc) is 3.29. The Labute approximate surface area is 120 Å². The topological polar surface area (TPSA) is 63.3 Å². The van der Waals surface area contributed by atoms with Gasteiger partial charge in [-0.3, -0.25) is 4.79 Å². The van der Waals surface area contributed by atoms with E-state index in [1.165, 1.54) is 11.1 Å². The van der Waals surface area contributed by atoms with Gasteiger partial charge in [0, 0.05) is 6.54 Å². The monoisotopic (exact) mass is 273 g/mol. The molecule has 0 spiro atoms. The van der Waals surface area contributed by atoms with E-state index in [1.54, 1.807) is 0 Å². The Balaban J connectivity index is 1.88. The molecular weight excluding hydrogens is 250 g/mol. The van der Waals surface area contributed by atoms with Gasteiger partial charge in [0.15, 0.2) is 0 Å². The van der Waals surface area contributed by atoms with Crippen molar-refractivity contribution >= 4 is 5.97 Å². The van der Waals surface area contributed by atoms with Crippen LogP contribution in [0, 0.1) is 11.3 Å². The standard InChI is InChI=1S/C17H23NO2/c18-11-17(16(19)20,14-8-9-14)10-13-6-3-5-12-4-1-2-7-15(12)13/h1-2,4,7,13-14H,3,5-6,8-11,18H2,(H,19,20). The number of carbonyl (C=O) groups is 1. The summed E-state index contributed by atoms with van der Waals surface area (Å²) in [5.41, 5.74) is 7.97. The molecule has 1 aromatic carbocycles. The Morgan fingerprint density at radius 3 is 2.70 bits per heavy atom. The van der Waals surface area contributed by atoms with Gasteiger partial charge in [0.1, 0.15) is 0 Å². The second-order valence-electron chi connectivity index (χ2n) is 6.43. The third-order valence-electron chi connectivity index (χ3n) is 5.25. The third-order valence-corrected chi connectivity index (χ3v) is 5.25. The number of hydrogen-bond acceptors (Lipinski definition) is 2. The largest absolute Gasteiger partial charge is 0.481 e. The highest BCUT2D eigenvalue weighted by Gasteiger charge is 2.51. The predicted octanol–water partition coefficient (Wildman–Crippen LogP) is 2.94. The molecule has 2 unspecified atom stereocenters. The molecular formula is C17H23NO2. The molecule has 3 rings (SSSR count). The van der Waals surface area contributed by atoms with Gasteiger partial charge in [-0.2, -0.15) is 0 Å². The molecule has 3 N–H and O–H groups in total. The van der Waals surface area contributed by atoms with E-state index in [0.29, 0.717) is 18.3 Å². The summed E-state index contributed by atoms with van der Waals surface area (Å²) in [6.07, 6.45) is 6.14. The lowest BCUT2D eigenvalue weighted by molar-refractivity contribution is -0.150. The summed E-state index contributed by atoms with van der Waals surface area (Å²) in [7, 11) is 0. The van der Waals surface area contributed by atoms with Crippen LogP contribution in [-0.4, -0.2) is 17.6 Å². The fourth-order valence-electron chi connectivity index (χ4n) is 3.91. The van der Waals surface area contributed by atoms with Crippen molar-refractivity contribution in [3.05, 3.63) is 35.4 Å². The SMILES string of the molecule is NCC(CC1CCCc2ccccc21)(C(=O)O)C1CC1. The van der Waals surface area contributed by atoms with Gasteiger partial charge in [0.25, 0.3) is 0 Å². The van der Waals surface area contributed by atoms with Crippen LogP contribution in [0.15, 0.2) is 24.3 Å². The first-order valence-electron chi connectivity index (χ1n) is 7.68. The summed E-state index contributed by atoms with van der Waals surface area (Å²) < 4.78 is 0. The molecule has 0 amide bonds. The first-order chi connectivity index (χ1) is 9.67. The van der Waals surface area contributed by atoms with Gasteiger partial charge < -0.3 is 10.8 Å². The van der Waals surface area contributed by atoms with Gasteiger partial charge in [-0.25, -0.2) is 0 Å². The number of aryl methyl sites for hydroxylation is 1. The first-order valence-corrected chi connectivity index (χ1v) is 7.68. The summed E-state index contributed by atoms with van der Waals surface area (Å²) in [6, 6.07) is 8.51. The molecule has 3 nitrogen and oxygen atoms in total. The van der Waals surface area contributed by atoms with Gasteiger partial charge in [-0.1, -0.05) is 24.3 Å². The smallest absolute Gasteiger partial charge is 0.311 e. The number of carboxylic acid groups (broad SMARTS) is 1. The van der Waals surface area contributed by atoms with Crippen molar-refractivity contribution in [1.29, 1.82) is 0 Å². The van der Waals surface area contributed by atoms with E-state index in [0.717, 1.165) is 32.1 Å². The molecule has 2 aliphatic rings. The zero-order valence-electron chi connectivity index (χ0n) is 11.8. The zero-order chi connectivity index (χ0) is 14.2. The molecule has 1 fully saturated rings. The van der Waals surface area contributed by atoms with Crippen molar-refractivity contribution in [2.75, 3.05) is 6.54 Å². The number of rotatable bonds is 5. The summed E-state index contributed by atoms with van der Waals surface area (Å²) in [6.45, 7) is 0.270. The van der Waals surface area contributed by atoms with E-state index in [2.05, 4.69) is 24.3 Å². The summed E-state index contributed by atoms with van der Waals surface area (Å²) in [5.74, 6) is -0.0372. The minimum Gasteiger partial charge on any atom is -0.481 e. The molecule has 1 saturated carbocycles. The van der Waals surface area contributed by atoms with Gasteiger partial charge in [0.2, 0.25) is 0 Å². The molecule has 0 heterocycles. The number of fused-ring (bicyclic) bond motifs is 1. The van der Waals surface area contributed by atoms with Crippen molar-refractivity contribution in [2.24, 2.45) is 17.1 Å².